The maximum atomic E-state index is 12.0. The summed E-state index contributed by atoms with van der Waals surface area (Å²) in [7, 11) is 0. The minimum Gasteiger partial charge on any atom is -0.378 e. The third-order valence-corrected chi connectivity index (χ3v) is 3.90. The Morgan fingerprint density at radius 3 is 3.05 bits per heavy atom. The Morgan fingerprint density at radius 2 is 2.33 bits per heavy atom. The second kappa shape index (κ2) is 8.15. The minimum atomic E-state index is 0.0683. The first kappa shape index (κ1) is 16.0. The van der Waals surface area contributed by atoms with Gasteiger partial charge in [-0.25, -0.2) is 0 Å². The monoisotopic (exact) mass is 290 g/mol. The first-order valence-electron chi connectivity index (χ1n) is 7.94. The van der Waals surface area contributed by atoms with E-state index in [9.17, 15) is 4.79 Å². The van der Waals surface area contributed by atoms with E-state index in [1.165, 1.54) is 5.56 Å². The van der Waals surface area contributed by atoms with Gasteiger partial charge in [0.25, 0.3) is 0 Å². The van der Waals surface area contributed by atoms with Gasteiger partial charge in [-0.2, -0.15) is 0 Å². The molecular formula is C17H26N2O2. The number of ether oxygens (including phenoxy) is 1. The molecule has 0 spiro atoms. The van der Waals surface area contributed by atoms with Crippen LogP contribution in [0.5, 0.6) is 0 Å². The molecule has 0 bridgehead atoms. The van der Waals surface area contributed by atoms with Gasteiger partial charge >= 0.3 is 0 Å². The minimum absolute atomic E-state index is 0.0683. The number of hydrogen-bond acceptors (Lipinski definition) is 3. The van der Waals surface area contributed by atoms with Crippen molar-refractivity contribution in [3.8, 4) is 0 Å². The quantitative estimate of drug-likeness (QED) is 0.810. The van der Waals surface area contributed by atoms with Crippen molar-refractivity contribution in [2.75, 3.05) is 18.5 Å². The first-order chi connectivity index (χ1) is 10.2. The summed E-state index contributed by atoms with van der Waals surface area (Å²) < 4.78 is 5.54. The summed E-state index contributed by atoms with van der Waals surface area (Å²) >= 11 is 0. The average molecular weight is 290 g/mol. The Bertz CT molecular complexity index is 456. The lowest BCUT2D eigenvalue weighted by Crippen LogP contribution is -2.18. The zero-order chi connectivity index (χ0) is 15.1. The molecule has 4 heteroatoms. The predicted molar refractivity (Wildman–Crippen MR) is 85.4 cm³/mol. The van der Waals surface area contributed by atoms with E-state index >= 15 is 0 Å². The van der Waals surface area contributed by atoms with Gasteiger partial charge in [0.05, 0.1) is 6.10 Å². The van der Waals surface area contributed by atoms with Crippen LogP contribution < -0.4 is 10.6 Å². The third kappa shape index (κ3) is 5.14. The summed E-state index contributed by atoms with van der Waals surface area (Å²) in [5.74, 6) is 0.0683. The number of carbonyl (C=O) groups is 1. The molecule has 116 valence electrons. The van der Waals surface area contributed by atoms with Gasteiger partial charge in [0.15, 0.2) is 0 Å². The number of carbonyl (C=O) groups excluding carboxylic acids is 1. The normalized spacial score (nSPS) is 19.4. The van der Waals surface area contributed by atoms with Crippen LogP contribution >= 0.6 is 0 Å². The van der Waals surface area contributed by atoms with Crippen LogP contribution in [0.25, 0.3) is 0 Å². The molecule has 1 aliphatic heterocycles. The number of amides is 1. The molecule has 1 aromatic rings. The number of rotatable bonds is 7. The molecule has 2 unspecified atom stereocenters. The summed E-state index contributed by atoms with van der Waals surface area (Å²) in [6.07, 6.45) is 3.83. The van der Waals surface area contributed by atoms with Gasteiger partial charge < -0.3 is 15.4 Å². The molecule has 1 amide bonds. The van der Waals surface area contributed by atoms with Crippen molar-refractivity contribution in [1.82, 2.24) is 5.32 Å². The molecule has 2 atom stereocenters. The molecule has 1 fully saturated rings. The maximum Gasteiger partial charge on any atom is 0.224 e. The lowest BCUT2D eigenvalue weighted by molar-refractivity contribution is -0.116. The van der Waals surface area contributed by atoms with Gasteiger partial charge in [-0.15, -0.1) is 0 Å². The Balaban J connectivity index is 1.83. The van der Waals surface area contributed by atoms with Crippen molar-refractivity contribution >= 4 is 11.6 Å². The second-order valence-electron chi connectivity index (χ2n) is 5.63. The van der Waals surface area contributed by atoms with E-state index in [0.717, 1.165) is 38.1 Å². The van der Waals surface area contributed by atoms with Gasteiger partial charge in [-0.3, -0.25) is 4.79 Å². The fourth-order valence-corrected chi connectivity index (χ4v) is 2.70. The summed E-state index contributed by atoms with van der Waals surface area (Å²) in [6, 6.07) is 8.33. The van der Waals surface area contributed by atoms with E-state index in [4.69, 9.17) is 4.74 Å². The van der Waals surface area contributed by atoms with Crippen molar-refractivity contribution in [2.24, 2.45) is 0 Å². The molecule has 1 saturated heterocycles. The van der Waals surface area contributed by atoms with Gasteiger partial charge in [0.2, 0.25) is 5.91 Å². The fraction of sp³-hybridized carbons (Fsp3) is 0.588. The number of benzene rings is 1. The number of nitrogens with one attached hydrogen (secondary N) is 2. The zero-order valence-corrected chi connectivity index (χ0v) is 13.0. The lowest BCUT2D eigenvalue weighted by Gasteiger charge is -2.14. The largest absolute Gasteiger partial charge is 0.378 e. The van der Waals surface area contributed by atoms with E-state index in [1.54, 1.807) is 0 Å². The van der Waals surface area contributed by atoms with Crippen molar-refractivity contribution in [3.63, 3.8) is 0 Å². The highest BCUT2D eigenvalue weighted by Crippen LogP contribution is 2.19. The van der Waals surface area contributed by atoms with Crippen LogP contribution in [0.15, 0.2) is 24.3 Å². The Hall–Kier alpha value is -1.39. The molecule has 0 saturated carbocycles. The average Bonchev–Trinajstić information content (AvgIpc) is 2.99. The molecule has 2 N–H and O–H groups in total. The molecule has 0 radical (unpaired) electrons. The van der Waals surface area contributed by atoms with Crippen molar-refractivity contribution in [2.45, 2.75) is 51.7 Å². The van der Waals surface area contributed by atoms with E-state index in [-0.39, 0.29) is 12.0 Å². The van der Waals surface area contributed by atoms with Crippen LogP contribution in [-0.2, 0) is 9.53 Å². The Kier molecular flexibility index (Phi) is 6.21. The van der Waals surface area contributed by atoms with Crippen LogP contribution in [0.1, 0.15) is 51.1 Å². The second-order valence-corrected chi connectivity index (χ2v) is 5.63. The summed E-state index contributed by atoms with van der Waals surface area (Å²) in [5.41, 5.74) is 2.06. The van der Waals surface area contributed by atoms with Gasteiger partial charge in [-0.05, 0) is 50.4 Å². The summed E-state index contributed by atoms with van der Waals surface area (Å²) in [4.78, 5) is 12.0. The molecule has 1 aromatic carbocycles. The van der Waals surface area contributed by atoms with Crippen LogP contribution in [0.3, 0.4) is 0 Å². The zero-order valence-electron chi connectivity index (χ0n) is 13.0. The fourth-order valence-electron chi connectivity index (χ4n) is 2.70. The lowest BCUT2D eigenvalue weighted by atomic mass is 10.1. The van der Waals surface area contributed by atoms with Crippen LogP contribution in [0.4, 0.5) is 5.69 Å². The van der Waals surface area contributed by atoms with Crippen molar-refractivity contribution in [1.29, 1.82) is 0 Å². The van der Waals surface area contributed by atoms with E-state index in [2.05, 4.69) is 30.5 Å². The molecule has 21 heavy (non-hydrogen) atoms. The molecule has 1 heterocycles. The smallest absolute Gasteiger partial charge is 0.224 e. The first-order valence-corrected chi connectivity index (χ1v) is 7.94. The Morgan fingerprint density at radius 1 is 1.48 bits per heavy atom. The standard InChI is InChI=1S/C17H26N2O2/c1-3-18-13(2)14-6-4-7-15(12-14)19-17(20)10-9-16-8-5-11-21-16/h4,6-7,12-13,16,18H,3,5,8-11H2,1-2H3,(H,19,20). The van der Waals surface area contributed by atoms with E-state index < -0.39 is 0 Å². The van der Waals surface area contributed by atoms with Gasteiger partial charge in [0, 0.05) is 24.8 Å². The highest BCUT2D eigenvalue weighted by Gasteiger charge is 2.16. The topological polar surface area (TPSA) is 50.4 Å². The van der Waals surface area contributed by atoms with Gasteiger partial charge in [-0.1, -0.05) is 19.1 Å². The van der Waals surface area contributed by atoms with Crippen LogP contribution in [0, 0.1) is 0 Å². The van der Waals surface area contributed by atoms with E-state index in [1.807, 2.05) is 18.2 Å². The highest BCUT2D eigenvalue weighted by molar-refractivity contribution is 5.90. The predicted octanol–water partition coefficient (Wildman–Crippen LogP) is 3.25. The maximum absolute atomic E-state index is 12.0. The number of anilines is 1. The molecule has 0 aromatic heterocycles. The van der Waals surface area contributed by atoms with Crippen molar-refractivity contribution in [3.05, 3.63) is 29.8 Å². The molecule has 1 aliphatic rings. The van der Waals surface area contributed by atoms with Crippen LogP contribution in [0.2, 0.25) is 0 Å². The molecular weight excluding hydrogens is 264 g/mol. The third-order valence-electron chi connectivity index (χ3n) is 3.90. The highest BCUT2D eigenvalue weighted by atomic mass is 16.5. The summed E-state index contributed by atoms with van der Waals surface area (Å²) in [5, 5.41) is 6.36. The van der Waals surface area contributed by atoms with Gasteiger partial charge in [0.1, 0.15) is 0 Å². The van der Waals surface area contributed by atoms with E-state index in [0.29, 0.717) is 12.5 Å². The SMILES string of the molecule is CCNC(C)c1cccc(NC(=O)CCC2CCCO2)c1. The Labute approximate surface area is 127 Å². The number of hydrogen-bond donors (Lipinski definition) is 2. The van der Waals surface area contributed by atoms with Crippen LogP contribution in [-0.4, -0.2) is 25.2 Å². The molecule has 4 nitrogen and oxygen atoms in total. The summed E-state index contributed by atoms with van der Waals surface area (Å²) in [6.45, 7) is 5.99. The molecule has 2 rings (SSSR count). The molecule has 0 aliphatic carbocycles. The van der Waals surface area contributed by atoms with Crippen molar-refractivity contribution < 1.29 is 9.53 Å².